The Morgan fingerprint density at radius 3 is 3.00 bits per heavy atom. The van der Waals surface area contributed by atoms with Crippen molar-refractivity contribution in [3.8, 4) is 5.69 Å². The van der Waals surface area contributed by atoms with Gasteiger partial charge in [-0.25, -0.2) is 14.1 Å². The van der Waals surface area contributed by atoms with E-state index in [1.54, 1.807) is 6.07 Å². The summed E-state index contributed by atoms with van der Waals surface area (Å²) in [5, 5.41) is 12.9. The third-order valence-electron chi connectivity index (χ3n) is 1.90. The van der Waals surface area contributed by atoms with Gasteiger partial charge < -0.3 is 5.11 Å². The minimum atomic E-state index is -0.368. The predicted octanol–water partition coefficient (Wildman–Crippen LogP) is 1.66. The zero-order chi connectivity index (χ0) is 10.8. The van der Waals surface area contributed by atoms with Gasteiger partial charge in [0.25, 0.3) is 0 Å². The number of hydrogen-bond donors (Lipinski definition) is 1. The average molecular weight is 272 g/mol. The van der Waals surface area contributed by atoms with Crippen LogP contribution in [0.1, 0.15) is 5.82 Å². The molecule has 4 nitrogen and oxygen atoms in total. The third-order valence-corrected chi connectivity index (χ3v) is 2.57. The number of halogens is 2. The van der Waals surface area contributed by atoms with Crippen LogP contribution in [-0.4, -0.2) is 19.9 Å². The first-order valence-electron chi connectivity index (χ1n) is 4.17. The van der Waals surface area contributed by atoms with Gasteiger partial charge in [-0.3, -0.25) is 0 Å². The van der Waals surface area contributed by atoms with E-state index >= 15 is 0 Å². The van der Waals surface area contributed by atoms with Crippen LogP contribution in [-0.2, 0) is 6.61 Å². The Balaban J connectivity index is 2.58. The summed E-state index contributed by atoms with van der Waals surface area (Å²) in [5.74, 6) is -0.00566. The van der Waals surface area contributed by atoms with Crippen molar-refractivity contribution < 1.29 is 9.50 Å². The molecule has 6 heteroatoms. The van der Waals surface area contributed by atoms with Crippen LogP contribution in [0.25, 0.3) is 5.69 Å². The van der Waals surface area contributed by atoms with Gasteiger partial charge in [0.05, 0.1) is 5.69 Å². The van der Waals surface area contributed by atoms with Gasteiger partial charge in [0, 0.05) is 10.5 Å². The smallest absolute Gasteiger partial charge is 0.157 e. The van der Waals surface area contributed by atoms with Gasteiger partial charge in [0.2, 0.25) is 0 Å². The maximum absolute atomic E-state index is 13.0. The summed E-state index contributed by atoms with van der Waals surface area (Å²) < 4.78 is 15.1. The van der Waals surface area contributed by atoms with E-state index in [4.69, 9.17) is 5.11 Å². The Labute approximate surface area is 93.5 Å². The molecule has 2 rings (SSSR count). The summed E-state index contributed by atoms with van der Waals surface area (Å²) in [6, 6.07) is 4.23. The zero-order valence-electron chi connectivity index (χ0n) is 7.56. The molecule has 0 atom stereocenters. The van der Waals surface area contributed by atoms with Gasteiger partial charge >= 0.3 is 0 Å². The maximum Gasteiger partial charge on any atom is 0.157 e. The highest BCUT2D eigenvalue weighted by Crippen LogP contribution is 2.22. The quantitative estimate of drug-likeness (QED) is 0.904. The predicted molar refractivity (Wildman–Crippen MR) is 54.9 cm³/mol. The molecule has 0 fully saturated rings. The highest BCUT2D eigenvalue weighted by Gasteiger charge is 2.09. The van der Waals surface area contributed by atoms with Crippen molar-refractivity contribution in [2.75, 3.05) is 0 Å². The summed E-state index contributed by atoms with van der Waals surface area (Å²) >= 11 is 3.28. The van der Waals surface area contributed by atoms with E-state index in [0.29, 0.717) is 16.0 Å². The number of aliphatic hydroxyl groups excluding tert-OH is 1. The van der Waals surface area contributed by atoms with Crippen molar-refractivity contribution in [2.24, 2.45) is 0 Å². The number of benzene rings is 1. The van der Waals surface area contributed by atoms with E-state index in [0.717, 1.165) is 0 Å². The van der Waals surface area contributed by atoms with E-state index in [-0.39, 0.29) is 12.4 Å². The molecule has 0 aliphatic carbocycles. The van der Waals surface area contributed by atoms with Gasteiger partial charge in [0.1, 0.15) is 18.8 Å². The minimum Gasteiger partial charge on any atom is -0.388 e. The molecule has 0 radical (unpaired) electrons. The number of nitrogens with zero attached hydrogens (tertiary/aromatic N) is 3. The SMILES string of the molecule is OCc1ncnn1-c1cc(F)ccc1Br. The minimum absolute atomic E-state index is 0.247. The first-order chi connectivity index (χ1) is 7.22. The van der Waals surface area contributed by atoms with E-state index in [2.05, 4.69) is 26.0 Å². The molecule has 1 aromatic heterocycles. The molecule has 0 saturated heterocycles. The van der Waals surface area contributed by atoms with Gasteiger partial charge in [-0.05, 0) is 28.1 Å². The lowest BCUT2D eigenvalue weighted by Crippen LogP contribution is -2.04. The number of aromatic nitrogens is 3. The molecule has 15 heavy (non-hydrogen) atoms. The van der Waals surface area contributed by atoms with Crippen molar-refractivity contribution in [2.45, 2.75) is 6.61 Å². The third kappa shape index (κ3) is 1.91. The van der Waals surface area contributed by atoms with Crippen molar-refractivity contribution in [1.82, 2.24) is 14.8 Å². The molecule has 0 amide bonds. The summed E-state index contributed by atoms with van der Waals surface area (Å²) in [7, 11) is 0. The number of aliphatic hydroxyl groups is 1. The van der Waals surface area contributed by atoms with Gasteiger partial charge in [-0.2, -0.15) is 5.10 Å². The Morgan fingerprint density at radius 1 is 1.47 bits per heavy atom. The van der Waals surface area contributed by atoms with Crippen molar-refractivity contribution >= 4 is 15.9 Å². The van der Waals surface area contributed by atoms with Crippen LogP contribution in [0.5, 0.6) is 0 Å². The molecule has 0 bridgehead atoms. The van der Waals surface area contributed by atoms with Gasteiger partial charge in [-0.1, -0.05) is 0 Å². The Morgan fingerprint density at radius 2 is 2.27 bits per heavy atom. The molecule has 1 N–H and O–H groups in total. The second-order valence-electron chi connectivity index (χ2n) is 2.84. The molecular formula is C9H7BrFN3O. The zero-order valence-corrected chi connectivity index (χ0v) is 9.15. The maximum atomic E-state index is 13.0. The van der Waals surface area contributed by atoms with Crippen LogP contribution >= 0.6 is 15.9 Å². The summed E-state index contributed by atoms with van der Waals surface area (Å²) in [5.41, 5.74) is 0.511. The van der Waals surface area contributed by atoms with E-state index in [1.165, 1.54) is 23.1 Å². The topological polar surface area (TPSA) is 50.9 Å². The normalized spacial score (nSPS) is 10.6. The molecule has 1 heterocycles. The largest absolute Gasteiger partial charge is 0.388 e. The van der Waals surface area contributed by atoms with E-state index in [1.807, 2.05) is 0 Å². The monoisotopic (exact) mass is 271 g/mol. The summed E-state index contributed by atoms with van der Waals surface area (Å²) in [6.07, 6.45) is 1.31. The summed E-state index contributed by atoms with van der Waals surface area (Å²) in [6.45, 7) is -0.247. The molecule has 1 aromatic carbocycles. The van der Waals surface area contributed by atoms with Crippen molar-refractivity contribution in [3.05, 3.63) is 40.6 Å². The van der Waals surface area contributed by atoms with Crippen molar-refractivity contribution in [1.29, 1.82) is 0 Å². The second kappa shape index (κ2) is 4.08. The first kappa shape index (κ1) is 10.3. The fourth-order valence-corrected chi connectivity index (χ4v) is 1.64. The van der Waals surface area contributed by atoms with Gasteiger partial charge in [0.15, 0.2) is 5.82 Å². The lowest BCUT2D eigenvalue weighted by atomic mass is 10.3. The van der Waals surface area contributed by atoms with Crippen LogP contribution in [0.15, 0.2) is 29.0 Å². The van der Waals surface area contributed by atoms with Crippen LogP contribution in [0.3, 0.4) is 0 Å². The van der Waals surface area contributed by atoms with E-state index < -0.39 is 0 Å². The summed E-state index contributed by atoms with van der Waals surface area (Å²) in [4.78, 5) is 3.84. The molecule has 0 spiro atoms. The van der Waals surface area contributed by atoms with Gasteiger partial charge in [-0.15, -0.1) is 0 Å². The highest BCUT2D eigenvalue weighted by molar-refractivity contribution is 9.10. The molecule has 0 aliphatic rings. The number of rotatable bonds is 2. The fourth-order valence-electron chi connectivity index (χ4n) is 1.22. The molecule has 78 valence electrons. The van der Waals surface area contributed by atoms with Crippen molar-refractivity contribution in [3.63, 3.8) is 0 Å². The van der Waals surface area contributed by atoms with Crippen LogP contribution in [0.2, 0.25) is 0 Å². The Bertz CT molecular complexity index is 486. The Hall–Kier alpha value is -1.27. The fraction of sp³-hybridized carbons (Fsp3) is 0.111. The molecule has 0 aliphatic heterocycles. The Kier molecular flexibility index (Phi) is 2.79. The van der Waals surface area contributed by atoms with Crippen LogP contribution < -0.4 is 0 Å². The molecule has 0 saturated carbocycles. The average Bonchev–Trinajstić information content (AvgIpc) is 2.69. The van der Waals surface area contributed by atoms with E-state index in [9.17, 15) is 4.39 Å². The second-order valence-corrected chi connectivity index (χ2v) is 3.70. The van der Waals surface area contributed by atoms with Crippen LogP contribution in [0.4, 0.5) is 4.39 Å². The number of hydrogen-bond acceptors (Lipinski definition) is 3. The molecular weight excluding hydrogens is 265 g/mol. The van der Waals surface area contributed by atoms with Crippen LogP contribution in [0, 0.1) is 5.82 Å². The first-order valence-corrected chi connectivity index (χ1v) is 4.97. The highest BCUT2D eigenvalue weighted by atomic mass is 79.9. The molecule has 0 unspecified atom stereocenters. The standard InChI is InChI=1S/C9H7BrFN3O/c10-7-2-1-6(11)3-8(7)14-9(4-15)12-5-13-14/h1-3,5,15H,4H2. The lowest BCUT2D eigenvalue weighted by Gasteiger charge is -2.06. The lowest BCUT2D eigenvalue weighted by molar-refractivity contribution is 0.268. The molecule has 2 aromatic rings.